The molecule has 0 saturated heterocycles. The molecule has 0 amide bonds. The molecule has 0 fully saturated rings. The van der Waals surface area contributed by atoms with Gasteiger partial charge in [-0.05, 0) is 12.8 Å². The van der Waals surface area contributed by atoms with E-state index in [4.69, 9.17) is 4.74 Å². The highest BCUT2D eigenvalue weighted by Gasteiger charge is 2.01. The summed E-state index contributed by atoms with van der Waals surface area (Å²) >= 11 is 0. The van der Waals surface area contributed by atoms with E-state index in [0.29, 0.717) is 13.0 Å². The quantitative estimate of drug-likeness (QED) is 0.417. The summed E-state index contributed by atoms with van der Waals surface area (Å²) in [6.07, 6.45) is 10.0. The van der Waals surface area contributed by atoms with Gasteiger partial charge in [0.15, 0.2) is 0 Å². The first-order valence-corrected chi connectivity index (χ1v) is 6.46. The third kappa shape index (κ3) is 13.4. The van der Waals surface area contributed by atoms with Crippen LogP contribution in [-0.2, 0) is 9.53 Å². The Bertz CT molecular complexity index is 149. The highest BCUT2D eigenvalue weighted by molar-refractivity contribution is 5.69. The van der Waals surface area contributed by atoms with E-state index >= 15 is 0 Å². The predicted molar refractivity (Wildman–Crippen MR) is 66.4 cm³/mol. The van der Waals surface area contributed by atoms with E-state index < -0.39 is 0 Å². The number of unbranched alkanes of at least 4 members (excludes halogenated alkanes) is 6. The molecule has 98 valence electrons. The largest absolute Gasteiger partial charge is 0.466 e. The zero-order valence-corrected chi connectivity index (χ0v) is 10.8. The van der Waals surface area contributed by atoms with E-state index in [1.54, 1.807) is 0 Å². The van der Waals surface area contributed by atoms with E-state index in [-0.39, 0.29) is 10.7 Å². The summed E-state index contributed by atoms with van der Waals surface area (Å²) in [5, 5.41) is 0. The maximum atomic E-state index is 11.2. The van der Waals surface area contributed by atoms with Crippen LogP contribution in [-0.4, -0.2) is 12.6 Å². The van der Waals surface area contributed by atoms with E-state index in [9.17, 15) is 4.79 Å². The molecule has 0 N–H and O–H groups in total. The smallest absolute Gasteiger partial charge is 0.305 e. The number of esters is 1. The lowest BCUT2D eigenvalue weighted by Crippen LogP contribution is -2.05. The minimum Gasteiger partial charge on any atom is -0.466 e. The van der Waals surface area contributed by atoms with Crippen LogP contribution in [0.4, 0.5) is 4.70 Å². The molecule has 16 heavy (non-hydrogen) atoms. The first kappa shape index (κ1) is 17.8. The van der Waals surface area contributed by atoms with Crippen LogP contribution in [0.25, 0.3) is 0 Å². The van der Waals surface area contributed by atoms with Gasteiger partial charge in [-0.25, -0.2) is 0 Å². The van der Waals surface area contributed by atoms with Gasteiger partial charge in [0.05, 0.1) is 6.61 Å². The molecule has 2 nitrogen and oxygen atoms in total. The molecule has 0 aliphatic rings. The lowest BCUT2D eigenvalue weighted by Gasteiger charge is -2.03. The van der Waals surface area contributed by atoms with Gasteiger partial charge >= 0.3 is 5.97 Å². The Balaban J connectivity index is 0. The number of carbonyl (C=O) groups excluding carboxylic acids is 1. The zero-order valence-electron chi connectivity index (χ0n) is 10.8. The van der Waals surface area contributed by atoms with Crippen LogP contribution in [0.2, 0.25) is 0 Å². The van der Waals surface area contributed by atoms with Crippen LogP contribution in [0.3, 0.4) is 0 Å². The molecule has 0 aromatic carbocycles. The summed E-state index contributed by atoms with van der Waals surface area (Å²) in [7, 11) is 0. The van der Waals surface area contributed by atoms with Crippen LogP contribution in [0.5, 0.6) is 0 Å². The Hall–Kier alpha value is -0.600. The molecule has 3 heteroatoms. The van der Waals surface area contributed by atoms with Crippen LogP contribution in [0.1, 0.15) is 71.6 Å². The fourth-order valence-electron chi connectivity index (χ4n) is 1.45. The first-order valence-electron chi connectivity index (χ1n) is 6.46. The van der Waals surface area contributed by atoms with Crippen molar-refractivity contribution in [3.05, 3.63) is 0 Å². The van der Waals surface area contributed by atoms with Crippen molar-refractivity contribution in [2.45, 2.75) is 71.6 Å². The van der Waals surface area contributed by atoms with Crippen LogP contribution in [0, 0.1) is 0 Å². The van der Waals surface area contributed by atoms with Crippen molar-refractivity contribution in [2.75, 3.05) is 6.61 Å². The Labute approximate surface area is 99.1 Å². The minimum atomic E-state index is -0.0149. The molecule has 0 aliphatic heterocycles. The van der Waals surface area contributed by atoms with Crippen LogP contribution in [0.15, 0.2) is 0 Å². The fraction of sp³-hybridized carbons (Fsp3) is 0.923. The molecule has 0 aromatic rings. The number of carbonyl (C=O) groups is 1. The van der Waals surface area contributed by atoms with Gasteiger partial charge in [-0.15, -0.1) is 0 Å². The summed E-state index contributed by atoms with van der Waals surface area (Å²) in [6, 6.07) is 0. The second-order valence-corrected chi connectivity index (χ2v) is 4.09. The van der Waals surface area contributed by atoms with Gasteiger partial charge in [0.25, 0.3) is 0 Å². The molecule has 0 unspecified atom stereocenters. The number of rotatable bonds is 10. The molecular weight excluding hydrogens is 207 g/mol. The highest BCUT2D eigenvalue weighted by Crippen LogP contribution is 2.07. The minimum absolute atomic E-state index is 0. The Morgan fingerprint density at radius 3 is 2.06 bits per heavy atom. The summed E-state index contributed by atoms with van der Waals surface area (Å²) in [5.41, 5.74) is 0. The molecule has 0 aromatic heterocycles. The van der Waals surface area contributed by atoms with Gasteiger partial charge in [0.1, 0.15) is 0 Å². The van der Waals surface area contributed by atoms with Gasteiger partial charge in [-0.3, -0.25) is 9.50 Å². The van der Waals surface area contributed by atoms with E-state index in [0.717, 1.165) is 19.3 Å². The SMILES string of the molecule is CCCCCCCCC(=O)OCCCC.F. The molecule has 0 saturated carbocycles. The normalized spacial score (nSPS) is 9.62. The van der Waals surface area contributed by atoms with E-state index in [1.807, 2.05) is 0 Å². The average molecular weight is 234 g/mol. The third-order valence-electron chi connectivity index (χ3n) is 2.50. The monoisotopic (exact) mass is 234 g/mol. The Kier molecular flexibility index (Phi) is 16.0. The van der Waals surface area contributed by atoms with Crippen molar-refractivity contribution >= 4 is 5.97 Å². The van der Waals surface area contributed by atoms with E-state index in [1.165, 1.54) is 32.1 Å². The van der Waals surface area contributed by atoms with Crippen molar-refractivity contribution < 1.29 is 14.2 Å². The molecule has 0 bridgehead atoms. The molecule has 0 rings (SSSR count). The summed E-state index contributed by atoms with van der Waals surface area (Å²) < 4.78 is 5.07. The van der Waals surface area contributed by atoms with E-state index in [2.05, 4.69) is 13.8 Å². The van der Waals surface area contributed by atoms with Gasteiger partial charge < -0.3 is 4.74 Å². The van der Waals surface area contributed by atoms with Crippen molar-refractivity contribution in [1.29, 1.82) is 0 Å². The highest BCUT2D eigenvalue weighted by atomic mass is 19.0. The van der Waals surface area contributed by atoms with Gasteiger partial charge in [0.2, 0.25) is 0 Å². The lowest BCUT2D eigenvalue weighted by atomic mass is 10.1. The second kappa shape index (κ2) is 14.4. The number of hydrogen-bond donors (Lipinski definition) is 0. The topological polar surface area (TPSA) is 26.3 Å². The molecule has 0 atom stereocenters. The predicted octanol–water partition coefficient (Wildman–Crippen LogP) is 4.23. The Morgan fingerprint density at radius 2 is 1.44 bits per heavy atom. The van der Waals surface area contributed by atoms with Crippen LogP contribution < -0.4 is 0 Å². The maximum Gasteiger partial charge on any atom is 0.305 e. The summed E-state index contributed by atoms with van der Waals surface area (Å²) in [6.45, 7) is 4.91. The van der Waals surface area contributed by atoms with Gasteiger partial charge in [0, 0.05) is 6.42 Å². The Morgan fingerprint density at radius 1 is 0.875 bits per heavy atom. The zero-order chi connectivity index (χ0) is 11.4. The molecule has 0 aliphatic carbocycles. The molecular formula is C13H27FO2. The van der Waals surface area contributed by atoms with Crippen molar-refractivity contribution in [2.24, 2.45) is 0 Å². The number of hydrogen-bond acceptors (Lipinski definition) is 2. The number of ether oxygens (including phenoxy) is 1. The van der Waals surface area contributed by atoms with Crippen molar-refractivity contribution in [3.63, 3.8) is 0 Å². The average Bonchev–Trinajstić information content (AvgIpc) is 2.23. The standard InChI is InChI=1S/C13H26O2.FH/c1-3-5-7-8-9-10-11-13(14)15-12-6-4-2;/h3-12H2,1-2H3;1H. The summed E-state index contributed by atoms with van der Waals surface area (Å²) in [5.74, 6) is -0.0149. The maximum absolute atomic E-state index is 11.2. The van der Waals surface area contributed by atoms with Gasteiger partial charge in [-0.1, -0.05) is 52.4 Å². The number of halogens is 1. The molecule has 0 radical (unpaired) electrons. The van der Waals surface area contributed by atoms with Crippen LogP contribution >= 0.6 is 0 Å². The fourth-order valence-corrected chi connectivity index (χ4v) is 1.45. The second-order valence-electron chi connectivity index (χ2n) is 4.09. The van der Waals surface area contributed by atoms with Crippen molar-refractivity contribution in [3.8, 4) is 0 Å². The van der Waals surface area contributed by atoms with Gasteiger partial charge in [-0.2, -0.15) is 0 Å². The van der Waals surface area contributed by atoms with Crippen molar-refractivity contribution in [1.82, 2.24) is 0 Å². The first-order chi connectivity index (χ1) is 7.31. The lowest BCUT2D eigenvalue weighted by molar-refractivity contribution is -0.143. The summed E-state index contributed by atoms with van der Waals surface area (Å²) in [4.78, 5) is 11.2. The molecule has 0 spiro atoms. The molecule has 0 heterocycles. The third-order valence-corrected chi connectivity index (χ3v) is 2.50.